The third kappa shape index (κ3) is 11.8. The van der Waals surface area contributed by atoms with Gasteiger partial charge in [-0.05, 0) is 11.6 Å². The van der Waals surface area contributed by atoms with Gasteiger partial charge in [-0.1, -0.05) is 6.07 Å². The first-order valence-electron chi connectivity index (χ1n) is 10.9. The summed E-state index contributed by atoms with van der Waals surface area (Å²) >= 11 is 3.94. The van der Waals surface area contributed by atoms with Gasteiger partial charge in [-0.15, -0.1) is 0 Å². The molecule has 0 aliphatic rings. The predicted molar refractivity (Wildman–Crippen MR) is 129 cm³/mol. The molecule has 0 aliphatic heterocycles. The van der Waals surface area contributed by atoms with Crippen LogP contribution >= 0.6 is 12.6 Å². The van der Waals surface area contributed by atoms with E-state index in [0.29, 0.717) is 5.75 Å². The van der Waals surface area contributed by atoms with Crippen molar-refractivity contribution in [1.29, 1.82) is 0 Å². The third-order valence-corrected chi connectivity index (χ3v) is 4.74. The standard InChI is InChI=1S/C20H32N4O12S/c21-6-13(34-20(30)22-3-4-37)7-23-19(29)33-11-12-1-2-16(14(5-12)24(31)32)35-18(10-27)36-17(9-26)15(28)8-25/h1-2,5,13,15,17-18,25-28,37H,3-4,6-11,21H2,(H,22,30)(H,23,29)/t13?,15-,17?,18-/m1/s1. The summed E-state index contributed by atoms with van der Waals surface area (Å²) in [7, 11) is 0. The number of amides is 2. The van der Waals surface area contributed by atoms with E-state index in [9.17, 15) is 35.0 Å². The number of carbonyl (C=O) groups is 2. The normalized spacial score (nSPS) is 14.1. The van der Waals surface area contributed by atoms with Gasteiger partial charge >= 0.3 is 17.9 Å². The van der Waals surface area contributed by atoms with Gasteiger partial charge < -0.3 is 55.7 Å². The zero-order valence-electron chi connectivity index (χ0n) is 19.7. The van der Waals surface area contributed by atoms with E-state index in [1.165, 1.54) is 12.1 Å². The number of alkyl carbamates (subject to hydrolysis) is 2. The van der Waals surface area contributed by atoms with E-state index in [0.717, 1.165) is 6.07 Å². The molecule has 0 spiro atoms. The van der Waals surface area contributed by atoms with Crippen LogP contribution < -0.4 is 21.1 Å². The molecule has 210 valence electrons. The lowest BCUT2D eigenvalue weighted by molar-refractivity contribution is -0.386. The van der Waals surface area contributed by atoms with Gasteiger partial charge in [-0.25, -0.2) is 9.59 Å². The molecule has 37 heavy (non-hydrogen) atoms. The maximum absolute atomic E-state index is 12.0. The Balaban J connectivity index is 2.72. The zero-order chi connectivity index (χ0) is 27.8. The molecule has 0 aliphatic carbocycles. The minimum Gasteiger partial charge on any atom is -0.455 e. The monoisotopic (exact) mass is 552 g/mol. The molecule has 0 radical (unpaired) electrons. The maximum atomic E-state index is 12.0. The topological polar surface area (TPSA) is 245 Å². The summed E-state index contributed by atoms with van der Waals surface area (Å²) in [6.45, 7) is -2.53. The lowest BCUT2D eigenvalue weighted by Crippen LogP contribution is -2.41. The summed E-state index contributed by atoms with van der Waals surface area (Å²) in [4.78, 5) is 34.3. The summed E-state index contributed by atoms with van der Waals surface area (Å²) in [5, 5.41) is 53.6. The minimum atomic E-state index is -1.51. The molecule has 8 N–H and O–H groups in total. The average Bonchev–Trinajstić information content (AvgIpc) is 2.90. The molecule has 0 heterocycles. The molecule has 0 aromatic heterocycles. The SMILES string of the molecule is NCC(CNC(=O)OCc1ccc(O[C@@H](CO)OC(CO)[C@H](O)CO)c([N+](=O)[O-])c1)OC(=O)NCCS. The van der Waals surface area contributed by atoms with Crippen molar-refractivity contribution in [3.05, 3.63) is 33.9 Å². The second-order valence-corrected chi connectivity index (χ2v) is 7.71. The van der Waals surface area contributed by atoms with Crippen LogP contribution in [0.1, 0.15) is 5.56 Å². The Kier molecular flexibility index (Phi) is 15.2. The molecule has 0 saturated heterocycles. The molecule has 4 atom stereocenters. The van der Waals surface area contributed by atoms with Crippen molar-refractivity contribution in [1.82, 2.24) is 10.6 Å². The van der Waals surface area contributed by atoms with Crippen molar-refractivity contribution < 1.29 is 53.9 Å². The molecular weight excluding hydrogens is 520 g/mol. The lowest BCUT2D eigenvalue weighted by Gasteiger charge is -2.25. The summed E-state index contributed by atoms with van der Waals surface area (Å²) in [6, 6.07) is 3.60. The summed E-state index contributed by atoms with van der Waals surface area (Å²) in [5.74, 6) is 0.0963. The number of nitro benzene ring substituents is 1. The fraction of sp³-hybridized carbons (Fsp3) is 0.600. The maximum Gasteiger partial charge on any atom is 0.407 e. The van der Waals surface area contributed by atoms with Crippen LogP contribution in [0.5, 0.6) is 5.75 Å². The van der Waals surface area contributed by atoms with E-state index in [1.54, 1.807) is 0 Å². The molecule has 17 heteroatoms. The van der Waals surface area contributed by atoms with Crippen molar-refractivity contribution in [2.75, 3.05) is 45.2 Å². The lowest BCUT2D eigenvalue weighted by atomic mass is 10.2. The molecule has 1 aromatic rings. The first-order valence-corrected chi connectivity index (χ1v) is 11.6. The molecule has 16 nitrogen and oxygen atoms in total. The Morgan fingerprint density at radius 1 is 1.14 bits per heavy atom. The minimum absolute atomic E-state index is 0.0706. The number of nitrogens with zero attached hydrogens (tertiary/aromatic N) is 1. The summed E-state index contributed by atoms with van der Waals surface area (Å²) < 4.78 is 20.5. The molecular formula is C20H32N4O12S. The van der Waals surface area contributed by atoms with Crippen LogP contribution in [-0.4, -0.2) is 107 Å². The second kappa shape index (κ2) is 17.5. The molecule has 2 amide bonds. The first-order chi connectivity index (χ1) is 17.7. The Morgan fingerprint density at radius 3 is 2.43 bits per heavy atom. The number of benzene rings is 1. The number of aliphatic hydroxyl groups is 4. The highest BCUT2D eigenvalue weighted by Gasteiger charge is 2.26. The van der Waals surface area contributed by atoms with Crippen LogP contribution in [-0.2, 0) is 20.8 Å². The van der Waals surface area contributed by atoms with Crippen molar-refractivity contribution in [2.24, 2.45) is 5.73 Å². The van der Waals surface area contributed by atoms with Gasteiger partial charge in [0, 0.05) is 24.9 Å². The van der Waals surface area contributed by atoms with E-state index < -0.39 is 67.2 Å². The number of nitrogens with one attached hydrogen (secondary N) is 2. The quantitative estimate of drug-likeness (QED) is 0.0462. The number of hydrogen-bond acceptors (Lipinski definition) is 14. The van der Waals surface area contributed by atoms with Crippen LogP contribution in [0.15, 0.2) is 18.2 Å². The zero-order valence-corrected chi connectivity index (χ0v) is 20.6. The summed E-state index contributed by atoms with van der Waals surface area (Å²) in [5.41, 5.74) is 5.19. The molecule has 0 bridgehead atoms. The number of hydrogen-bond donors (Lipinski definition) is 8. The average molecular weight is 553 g/mol. The van der Waals surface area contributed by atoms with E-state index >= 15 is 0 Å². The number of rotatable bonds is 17. The third-order valence-electron chi connectivity index (χ3n) is 4.51. The first kappa shape index (κ1) is 32.1. The molecule has 1 rings (SSSR count). The van der Waals surface area contributed by atoms with Crippen LogP contribution in [0.4, 0.5) is 15.3 Å². The van der Waals surface area contributed by atoms with Gasteiger partial charge in [-0.3, -0.25) is 10.1 Å². The van der Waals surface area contributed by atoms with E-state index in [-0.39, 0.29) is 37.6 Å². The van der Waals surface area contributed by atoms with E-state index in [1.807, 2.05) is 0 Å². The Bertz CT molecular complexity index is 865. The number of ether oxygens (including phenoxy) is 4. The Hall–Kier alpha value is -2.93. The van der Waals surface area contributed by atoms with Gasteiger partial charge in [0.25, 0.3) is 0 Å². The molecule has 0 saturated carbocycles. The van der Waals surface area contributed by atoms with Crippen molar-refractivity contribution >= 4 is 30.5 Å². The van der Waals surface area contributed by atoms with Crippen molar-refractivity contribution in [3.63, 3.8) is 0 Å². The Labute approximate surface area is 217 Å². The highest BCUT2D eigenvalue weighted by atomic mass is 32.1. The predicted octanol–water partition coefficient (Wildman–Crippen LogP) is -1.77. The van der Waals surface area contributed by atoms with E-state index in [4.69, 9.17) is 29.8 Å². The highest BCUT2D eigenvalue weighted by Crippen LogP contribution is 2.29. The van der Waals surface area contributed by atoms with Gasteiger partial charge in [-0.2, -0.15) is 12.6 Å². The van der Waals surface area contributed by atoms with Gasteiger partial charge in [0.15, 0.2) is 5.75 Å². The van der Waals surface area contributed by atoms with Crippen LogP contribution in [0.25, 0.3) is 0 Å². The smallest absolute Gasteiger partial charge is 0.407 e. The second-order valence-electron chi connectivity index (χ2n) is 7.27. The molecule has 0 fully saturated rings. The number of nitro groups is 1. The van der Waals surface area contributed by atoms with Crippen molar-refractivity contribution in [2.45, 2.75) is 31.2 Å². The number of thiol groups is 1. The molecule has 1 aromatic carbocycles. The summed E-state index contributed by atoms with van der Waals surface area (Å²) in [6.07, 6.45) is -6.76. The number of carbonyl (C=O) groups excluding carboxylic acids is 2. The van der Waals surface area contributed by atoms with Gasteiger partial charge in [0.05, 0.1) is 24.7 Å². The van der Waals surface area contributed by atoms with E-state index in [2.05, 4.69) is 23.3 Å². The van der Waals surface area contributed by atoms with Crippen molar-refractivity contribution in [3.8, 4) is 5.75 Å². The fourth-order valence-corrected chi connectivity index (χ4v) is 2.75. The van der Waals surface area contributed by atoms with Gasteiger partial charge in [0.2, 0.25) is 6.29 Å². The van der Waals surface area contributed by atoms with Crippen LogP contribution in [0, 0.1) is 10.1 Å². The van der Waals surface area contributed by atoms with Crippen LogP contribution in [0.2, 0.25) is 0 Å². The fourth-order valence-electron chi connectivity index (χ4n) is 2.63. The Morgan fingerprint density at radius 2 is 1.86 bits per heavy atom. The van der Waals surface area contributed by atoms with Crippen LogP contribution in [0.3, 0.4) is 0 Å². The van der Waals surface area contributed by atoms with Gasteiger partial charge in [0.1, 0.15) is 31.5 Å². The number of aliphatic hydroxyl groups excluding tert-OH is 4. The molecule has 2 unspecified atom stereocenters. The highest BCUT2D eigenvalue weighted by molar-refractivity contribution is 7.80. The largest absolute Gasteiger partial charge is 0.455 e. The number of nitrogens with two attached hydrogens (primary N) is 1.